The summed E-state index contributed by atoms with van der Waals surface area (Å²) in [5, 5.41) is 9.00. The van der Waals surface area contributed by atoms with Crippen LogP contribution >= 0.6 is 0 Å². The van der Waals surface area contributed by atoms with Gasteiger partial charge in [-0.3, -0.25) is 4.79 Å². The molecule has 0 fully saturated rings. The van der Waals surface area contributed by atoms with E-state index >= 15 is 0 Å². The van der Waals surface area contributed by atoms with Crippen molar-refractivity contribution in [3.63, 3.8) is 0 Å². The summed E-state index contributed by atoms with van der Waals surface area (Å²) in [4.78, 5) is 33.1. The van der Waals surface area contributed by atoms with Gasteiger partial charge in [-0.15, -0.1) is 0 Å². The zero-order valence-corrected chi connectivity index (χ0v) is 8.96. The fourth-order valence-corrected chi connectivity index (χ4v) is 2.04. The second kappa shape index (κ2) is 5.55. The zero-order chi connectivity index (χ0) is 12.1. The third kappa shape index (κ3) is 2.19. The maximum Gasteiger partial charge on any atom is 0.316 e. The van der Waals surface area contributed by atoms with Crippen LogP contribution in [0.4, 0.5) is 0 Å². The number of rotatable bonds is 5. The minimum absolute atomic E-state index is 0.230. The van der Waals surface area contributed by atoms with Crippen LogP contribution in [0.3, 0.4) is 0 Å². The Labute approximate surface area is 93.1 Å². The first-order valence-corrected chi connectivity index (χ1v) is 4.97. The molecule has 16 heavy (non-hydrogen) atoms. The number of aliphatic hydroxyl groups excluding tert-OH is 1. The lowest BCUT2D eigenvalue weighted by molar-refractivity contribution is -0.149. The number of carbonyl (C=O) groups excluding carboxylic acids is 3. The molecule has 0 aliphatic heterocycles. The molecule has 0 aromatic rings. The van der Waals surface area contributed by atoms with Gasteiger partial charge in [0.1, 0.15) is 18.5 Å². The van der Waals surface area contributed by atoms with Crippen molar-refractivity contribution in [1.29, 1.82) is 0 Å². The van der Waals surface area contributed by atoms with Crippen LogP contribution in [0.1, 0.15) is 6.42 Å². The first kappa shape index (κ1) is 12.6. The quantitative estimate of drug-likeness (QED) is 0.302. The third-order valence-electron chi connectivity index (χ3n) is 2.95. The summed E-state index contributed by atoms with van der Waals surface area (Å²) >= 11 is 0. The molecular weight excluding hydrogens is 212 g/mol. The van der Waals surface area contributed by atoms with E-state index in [-0.39, 0.29) is 6.61 Å². The molecule has 5 nitrogen and oxygen atoms in total. The lowest BCUT2D eigenvalue weighted by Crippen LogP contribution is -2.31. The summed E-state index contributed by atoms with van der Waals surface area (Å²) in [5.74, 6) is -2.58. The van der Waals surface area contributed by atoms with E-state index < -0.39 is 23.7 Å². The van der Waals surface area contributed by atoms with Crippen LogP contribution in [0.2, 0.25) is 0 Å². The van der Waals surface area contributed by atoms with Crippen molar-refractivity contribution in [3.05, 3.63) is 11.6 Å². The largest absolute Gasteiger partial charge is 0.468 e. The summed E-state index contributed by atoms with van der Waals surface area (Å²) < 4.78 is 4.51. The molecule has 3 unspecified atom stereocenters. The highest BCUT2D eigenvalue weighted by molar-refractivity contribution is 5.89. The average molecular weight is 226 g/mol. The summed E-state index contributed by atoms with van der Waals surface area (Å²) in [5.41, 5.74) is 0.566. The molecule has 0 aromatic heterocycles. The van der Waals surface area contributed by atoms with Crippen molar-refractivity contribution in [2.45, 2.75) is 6.42 Å². The van der Waals surface area contributed by atoms with Crippen molar-refractivity contribution < 1.29 is 24.2 Å². The van der Waals surface area contributed by atoms with E-state index in [0.717, 1.165) is 0 Å². The minimum atomic E-state index is -0.944. The first-order valence-electron chi connectivity index (χ1n) is 4.97. The Morgan fingerprint density at radius 3 is 2.81 bits per heavy atom. The van der Waals surface area contributed by atoms with Gasteiger partial charge in [0.2, 0.25) is 0 Å². The van der Waals surface area contributed by atoms with Crippen molar-refractivity contribution in [1.82, 2.24) is 0 Å². The summed E-state index contributed by atoms with van der Waals surface area (Å²) in [6.45, 7) is -0.230. The van der Waals surface area contributed by atoms with E-state index in [9.17, 15) is 14.4 Å². The van der Waals surface area contributed by atoms with E-state index in [4.69, 9.17) is 5.11 Å². The smallest absolute Gasteiger partial charge is 0.316 e. The highest BCUT2D eigenvalue weighted by Gasteiger charge is 2.38. The highest BCUT2D eigenvalue weighted by Crippen LogP contribution is 2.35. The van der Waals surface area contributed by atoms with E-state index in [1.807, 2.05) is 0 Å². The van der Waals surface area contributed by atoms with Gasteiger partial charge in [0.05, 0.1) is 13.7 Å². The number of carbonyl (C=O) groups is 3. The maximum absolute atomic E-state index is 11.3. The molecule has 0 saturated carbocycles. The van der Waals surface area contributed by atoms with Crippen LogP contribution < -0.4 is 0 Å². The van der Waals surface area contributed by atoms with Gasteiger partial charge in [0.25, 0.3) is 0 Å². The molecule has 1 aliphatic carbocycles. The number of hydrogen-bond acceptors (Lipinski definition) is 5. The summed E-state index contributed by atoms with van der Waals surface area (Å²) in [6.07, 6.45) is 3.29. The lowest BCUT2D eigenvalue weighted by atomic mass is 9.82. The van der Waals surface area contributed by atoms with Crippen LogP contribution in [-0.2, 0) is 19.1 Å². The van der Waals surface area contributed by atoms with Crippen LogP contribution in [0.15, 0.2) is 11.6 Å². The molecule has 1 aliphatic rings. The molecule has 3 atom stereocenters. The molecule has 0 aromatic carbocycles. The number of allylic oxidation sites excluding steroid dienone is 1. The van der Waals surface area contributed by atoms with Crippen molar-refractivity contribution >= 4 is 18.5 Å². The lowest BCUT2D eigenvalue weighted by Gasteiger charge is -2.20. The number of ether oxygens (including phenoxy) is 1. The van der Waals surface area contributed by atoms with Crippen molar-refractivity contribution in [3.8, 4) is 0 Å². The topological polar surface area (TPSA) is 80.7 Å². The second-order valence-corrected chi connectivity index (χ2v) is 3.68. The Kier molecular flexibility index (Phi) is 4.37. The Hall–Kier alpha value is -1.49. The molecule has 0 amide bonds. The normalized spacial score (nSPS) is 25.8. The first-order chi connectivity index (χ1) is 7.69. The van der Waals surface area contributed by atoms with Gasteiger partial charge >= 0.3 is 5.97 Å². The average Bonchev–Trinajstić information content (AvgIpc) is 2.72. The molecule has 0 saturated heterocycles. The second-order valence-electron chi connectivity index (χ2n) is 3.68. The number of hydrogen-bond donors (Lipinski definition) is 1. The van der Waals surface area contributed by atoms with Crippen LogP contribution in [0.25, 0.3) is 0 Å². The minimum Gasteiger partial charge on any atom is -0.468 e. The SMILES string of the molecule is COC(=O)C(C=O)C1CC=C(CO)C1C=O. The summed E-state index contributed by atoms with van der Waals surface area (Å²) in [6, 6.07) is 0. The van der Waals surface area contributed by atoms with Gasteiger partial charge < -0.3 is 19.4 Å². The van der Waals surface area contributed by atoms with Crippen LogP contribution in [-0.4, -0.2) is 37.4 Å². The zero-order valence-electron chi connectivity index (χ0n) is 8.96. The van der Waals surface area contributed by atoms with Gasteiger partial charge in [0, 0.05) is 5.92 Å². The van der Waals surface area contributed by atoms with Gasteiger partial charge in [-0.05, 0) is 17.9 Å². The number of aldehydes is 2. The monoisotopic (exact) mass is 226 g/mol. The Balaban J connectivity index is 2.85. The molecule has 5 heteroatoms. The molecule has 0 spiro atoms. The maximum atomic E-state index is 11.3. The molecule has 1 N–H and O–H groups in total. The van der Waals surface area contributed by atoms with Gasteiger partial charge in [0.15, 0.2) is 0 Å². The van der Waals surface area contributed by atoms with Gasteiger partial charge in [-0.1, -0.05) is 6.08 Å². The standard InChI is InChI=1S/C11H14O5/c1-16-11(15)10(6-14)8-3-2-7(4-12)9(8)5-13/h2,5-6,8-10,12H,3-4H2,1H3. The highest BCUT2D eigenvalue weighted by atomic mass is 16.5. The Morgan fingerprint density at radius 2 is 2.38 bits per heavy atom. The molecule has 88 valence electrons. The van der Waals surface area contributed by atoms with Gasteiger partial charge in [-0.2, -0.15) is 0 Å². The van der Waals surface area contributed by atoms with E-state index in [2.05, 4.69) is 4.74 Å². The van der Waals surface area contributed by atoms with Crippen molar-refractivity contribution in [2.75, 3.05) is 13.7 Å². The van der Waals surface area contributed by atoms with Crippen molar-refractivity contribution in [2.24, 2.45) is 17.8 Å². The molecular formula is C11H14O5. The van der Waals surface area contributed by atoms with E-state index in [0.29, 0.717) is 24.6 Å². The third-order valence-corrected chi connectivity index (χ3v) is 2.95. The van der Waals surface area contributed by atoms with E-state index in [1.54, 1.807) is 6.08 Å². The predicted octanol–water partition coefficient (Wildman–Crippen LogP) is -0.272. The predicted molar refractivity (Wildman–Crippen MR) is 54.4 cm³/mol. The molecule has 0 heterocycles. The molecule has 0 bridgehead atoms. The number of aliphatic hydroxyl groups is 1. The van der Waals surface area contributed by atoms with Crippen LogP contribution in [0, 0.1) is 17.8 Å². The Bertz CT molecular complexity index is 320. The summed E-state index contributed by atoms with van der Waals surface area (Å²) in [7, 11) is 1.20. The molecule has 0 radical (unpaired) electrons. The van der Waals surface area contributed by atoms with Gasteiger partial charge in [-0.25, -0.2) is 0 Å². The number of esters is 1. The fraction of sp³-hybridized carbons (Fsp3) is 0.545. The van der Waals surface area contributed by atoms with Crippen LogP contribution in [0.5, 0.6) is 0 Å². The Morgan fingerprint density at radius 1 is 1.69 bits per heavy atom. The van der Waals surface area contributed by atoms with E-state index in [1.165, 1.54) is 7.11 Å². The molecule has 1 rings (SSSR count). The fourth-order valence-electron chi connectivity index (χ4n) is 2.04. The number of methoxy groups -OCH3 is 1.